The van der Waals surface area contributed by atoms with Crippen LogP contribution >= 0.6 is 11.3 Å². The van der Waals surface area contributed by atoms with E-state index in [0.717, 1.165) is 17.0 Å². The summed E-state index contributed by atoms with van der Waals surface area (Å²) < 4.78 is 3.95. The zero-order valence-electron chi connectivity index (χ0n) is 17.7. The Morgan fingerprint density at radius 3 is 2.81 bits per heavy atom. The third kappa shape index (κ3) is 4.80. The maximum absolute atomic E-state index is 12.8. The van der Waals surface area contributed by atoms with Gasteiger partial charge in [-0.1, -0.05) is 13.8 Å². The van der Waals surface area contributed by atoms with E-state index in [4.69, 9.17) is 0 Å². The monoisotopic (exact) mass is 432 g/mol. The SMILES string of the molecule is CC(C)c1c(C=Cc2csc(NC(=O)c3cccn3Cc3ccncc3)n2)ncn1C. The van der Waals surface area contributed by atoms with Gasteiger partial charge in [-0.3, -0.25) is 15.1 Å². The second-order valence-corrected chi connectivity index (χ2v) is 8.38. The molecule has 1 N–H and O–H groups in total. The minimum atomic E-state index is -0.184. The van der Waals surface area contributed by atoms with Crippen LogP contribution in [0.3, 0.4) is 0 Å². The smallest absolute Gasteiger partial charge is 0.274 e. The quantitative estimate of drug-likeness (QED) is 0.460. The van der Waals surface area contributed by atoms with Crippen LogP contribution in [0.4, 0.5) is 5.13 Å². The van der Waals surface area contributed by atoms with Crippen molar-refractivity contribution >= 4 is 34.5 Å². The number of aryl methyl sites for hydroxylation is 1. The summed E-state index contributed by atoms with van der Waals surface area (Å²) in [5, 5.41) is 5.38. The van der Waals surface area contributed by atoms with Crippen LogP contribution in [0.5, 0.6) is 0 Å². The first kappa shape index (κ1) is 20.7. The van der Waals surface area contributed by atoms with Crippen LogP contribution in [0, 0.1) is 0 Å². The Balaban J connectivity index is 1.44. The molecule has 0 saturated heterocycles. The molecule has 0 fully saturated rings. The Morgan fingerprint density at radius 1 is 1.23 bits per heavy atom. The van der Waals surface area contributed by atoms with Gasteiger partial charge in [0.1, 0.15) is 5.69 Å². The van der Waals surface area contributed by atoms with E-state index in [-0.39, 0.29) is 5.91 Å². The van der Waals surface area contributed by atoms with Gasteiger partial charge in [0.25, 0.3) is 5.91 Å². The first-order valence-corrected chi connectivity index (χ1v) is 10.9. The number of pyridine rings is 1. The van der Waals surface area contributed by atoms with Gasteiger partial charge >= 0.3 is 0 Å². The minimum Gasteiger partial charge on any atom is -0.339 e. The number of rotatable bonds is 7. The van der Waals surface area contributed by atoms with Gasteiger partial charge in [0.15, 0.2) is 5.13 Å². The summed E-state index contributed by atoms with van der Waals surface area (Å²) in [5.74, 6) is 0.191. The van der Waals surface area contributed by atoms with E-state index in [0.29, 0.717) is 23.3 Å². The minimum absolute atomic E-state index is 0.184. The number of nitrogens with zero attached hydrogens (tertiary/aromatic N) is 5. The summed E-state index contributed by atoms with van der Waals surface area (Å²) in [6.07, 6.45) is 11.1. The van der Waals surface area contributed by atoms with Gasteiger partial charge in [-0.25, -0.2) is 9.97 Å². The molecule has 1 amide bonds. The van der Waals surface area contributed by atoms with E-state index < -0.39 is 0 Å². The largest absolute Gasteiger partial charge is 0.339 e. The summed E-state index contributed by atoms with van der Waals surface area (Å²) in [7, 11) is 2.00. The molecule has 4 heterocycles. The Kier molecular flexibility index (Phi) is 6.08. The van der Waals surface area contributed by atoms with Crippen molar-refractivity contribution in [3.8, 4) is 0 Å². The molecule has 0 unspecified atom stereocenters. The normalized spacial score (nSPS) is 11.5. The number of carbonyl (C=O) groups excluding carboxylic acids is 1. The predicted octanol–water partition coefficient (Wildman–Crippen LogP) is 4.67. The van der Waals surface area contributed by atoms with Crippen molar-refractivity contribution in [3.63, 3.8) is 0 Å². The highest BCUT2D eigenvalue weighted by atomic mass is 32.1. The van der Waals surface area contributed by atoms with E-state index in [1.165, 1.54) is 17.0 Å². The second kappa shape index (κ2) is 9.09. The van der Waals surface area contributed by atoms with Gasteiger partial charge in [-0.05, 0) is 47.9 Å². The number of thiazole rings is 1. The molecule has 0 radical (unpaired) electrons. The lowest BCUT2D eigenvalue weighted by Gasteiger charge is -2.08. The summed E-state index contributed by atoms with van der Waals surface area (Å²) in [6.45, 7) is 4.90. The molecular formula is C23H24N6OS. The summed E-state index contributed by atoms with van der Waals surface area (Å²) in [6, 6.07) is 7.55. The van der Waals surface area contributed by atoms with Crippen LogP contribution in [0.25, 0.3) is 12.2 Å². The van der Waals surface area contributed by atoms with E-state index in [1.54, 1.807) is 18.5 Å². The number of hydrogen-bond acceptors (Lipinski definition) is 5. The molecule has 4 rings (SSSR count). The zero-order chi connectivity index (χ0) is 21.8. The molecule has 4 aromatic heterocycles. The number of nitrogens with one attached hydrogen (secondary N) is 1. The average Bonchev–Trinajstić information content (AvgIpc) is 3.47. The molecule has 158 valence electrons. The maximum Gasteiger partial charge on any atom is 0.274 e. The zero-order valence-corrected chi connectivity index (χ0v) is 18.5. The van der Waals surface area contributed by atoms with E-state index >= 15 is 0 Å². The maximum atomic E-state index is 12.8. The van der Waals surface area contributed by atoms with Gasteiger partial charge in [0.05, 0.1) is 17.7 Å². The van der Waals surface area contributed by atoms with Gasteiger partial charge < -0.3 is 9.13 Å². The average molecular weight is 433 g/mol. The fraction of sp³-hybridized carbons (Fsp3) is 0.217. The van der Waals surface area contributed by atoms with Crippen molar-refractivity contribution < 1.29 is 4.79 Å². The Bertz CT molecular complexity index is 1200. The molecule has 8 heteroatoms. The van der Waals surface area contributed by atoms with Crippen molar-refractivity contribution in [3.05, 3.63) is 82.9 Å². The fourth-order valence-electron chi connectivity index (χ4n) is 3.48. The number of carbonyl (C=O) groups is 1. The van der Waals surface area contributed by atoms with Gasteiger partial charge in [0.2, 0.25) is 0 Å². The molecule has 0 aliphatic heterocycles. The molecule has 0 aliphatic rings. The number of aromatic nitrogens is 5. The Labute approximate surface area is 185 Å². The van der Waals surface area contributed by atoms with Crippen molar-refractivity contribution in [1.82, 2.24) is 24.1 Å². The van der Waals surface area contributed by atoms with Gasteiger partial charge in [-0.2, -0.15) is 0 Å². The molecule has 0 bridgehead atoms. The van der Waals surface area contributed by atoms with E-state index in [2.05, 4.69) is 34.1 Å². The highest BCUT2D eigenvalue weighted by Gasteiger charge is 2.14. The molecule has 0 aromatic carbocycles. The molecule has 0 aliphatic carbocycles. The van der Waals surface area contributed by atoms with Gasteiger partial charge in [-0.15, -0.1) is 11.3 Å². The molecule has 4 aromatic rings. The lowest BCUT2D eigenvalue weighted by Crippen LogP contribution is -2.17. The molecule has 0 saturated carbocycles. The third-order valence-electron chi connectivity index (χ3n) is 4.88. The first-order valence-electron chi connectivity index (χ1n) is 10.0. The highest BCUT2D eigenvalue weighted by Crippen LogP contribution is 2.22. The van der Waals surface area contributed by atoms with E-state index in [9.17, 15) is 4.79 Å². The topological polar surface area (TPSA) is 77.6 Å². The van der Waals surface area contributed by atoms with Crippen molar-refractivity contribution in [2.45, 2.75) is 26.3 Å². The van der Waals surface area contributed by atoms with Crippen LogP contribution in [0.2, 0.25) is 0 Å². The number of anilines is 1. The lowest BCUT2D eigenvalue weighted by molar-refractivity contribution is 0.101. The second-order valence-electron chi connectivity index (χ2n) is 7.52. The van der Waals surface area contributed by atoms with Crippen molar-refractivity contribution in [1.29, 1.82) is 0 Å². The molecule has 31 heavy (non-hydrogen) atoms. The summed E-state index contributed by atoms with van der Waals surface area (Å²) in [4.78, 5) is 25.8. The Morgan fingerprint density at radius 2 is 2.03 bits per heavy atom. The van der Waals surface area contributed by atoms with Crippen LogP contribution < -0.4 is 5.32 Å². The van der Waals surface area contributed by atoms with Crippen molar-refractivity contribution in [2.24, 2.45) is 7.05 Å². The Hall–Kier alpha value is -3.52. The summed E-state index contributed by atoms with van der Waals surface area (Å²) >= 11 is 1.40. The third-order valence-corrected chi connectivity index (χ3v) is 5.65. The van der Waals surface area contributed by atoms with Crippen LogP contribution in [-0.2, 0) is 13.6 Å². The lowest BCUT2D eigenvalue weighted by atomic mass is 10.1. The molecule has 0 atom stereocenters. The number of amides is 1. The number of imidazole rings is 1. The molecule has 7 nitrogen and oxygen atoms in total. The fourth-order valence-corrected chi connectivity index (χ4v) is 4.15. The van der Waals surface area contributed by atoms with Crippen LogP contribution in [-0.4, -0.2) is 30.0 Å². The van der Waals surface area contributed by atoms with E-state index in [1.807, 2.05) is 64.4 Å². The van der Waals surface area contributed by atoms with Crippen LogP contribution in [0.15, 0.2) is 54.6 Å². The van der Waals surface area contributed by atoms with Gasteiger partial charge in [0, 0.05) is 43.3 Å². The van der Waals surface area contributed by atoms with Crippen molar-refractivity contribution in [2.75, 3.05) is 5.32 Å². The standard InChI is InChI=1S/C23H24N6OS/c1-16(2)21-19(25-15-28(21)3)7-6-18-14-31-23(26-18)27-22(30)20-5-4-12-29(20)13-17-8-10-24-11-9-17/h4-12,14-16H,13H2,1-3H3,(H,26,27,30). The molecule has 0 spiro atoms. The highest BCUT2D eigenvalue weighted by molar-refractivity contribution is 7.14. The first-order chi connectivity index (χ1) is 15.0. The number of hydrogen-bond donors (Lipinski definition) is 1. The summed E-state index contributed by atoms with van der Waals surface area (Å²) in [5.41, 5.74) is 4.56. The molecular weight excluding hydrogens is 408 g/mol. The van der Waals surface area contributed by atoms with Crippen LogP contribution in [0.1, 0.15) is 52.9 Å². The predicted molar refractivity (Wildman–Crippen MR) is 124 cm³/mol.